The van der Waals surface area contributed by atoms with Gasteiger partial charge < -0.3 is 10.2 Å². The van der Waals surface area contributed by atoms with Gasteiger partial charge in [-0.05, 0) is 117 Å². The van der Waals surface area contributed by atoms with Gasteiger partial charge in [0.2, 0.25) is 0 Å². The van der Waals surface area contributed by atoms with Gasteiger partial charge in [0.05, 0.1) is 6.10 Å². The molecular formula is C27H45F3O2. The predicted octanol–water partition coefficient (Wildman–Crippen LogP) is 7.13. The molecule has 0 spiro atoms. The number of aliphatic hydroxyl groups excluding tert-OH is 1. The van der Waals surface area contributed by atoms with Crippen LogP contribution in [0.25, 0.3) is 0 Å². The van der Waals surface area contributed by atoms with Crippen molar-refractivity contribution in [3.63, 3.8) is 0 Å². The lowest BCUT2D eigenvalue weighted by Gasteiger charge is -2.62. The van der Waals surface area contributed by atoms with Crippen molar-refractivity contribution in [1.82, 2.24) is 0 Å². The Kier molecular flexibility index (Phi) is 6.54. The van der Waals surface area contributed by atoms with Gasteiger partial charge in [0.15, 0.2) is 5.60 Å². The molecule has 0 saturated heterocycles. The van der Waals surface area contributed by atoms with Crippen LogP contribution in [-0.4, -0.2) is 28.1 Å². The number of fused-ring (bicyclic) bond motifs is 5. The lowest BCUT2D eigenvalue weighted by molar-refractivity contribution is -0.290. The van der Waals surface area contributed by atoms with E-state index in [0.29, 0.717) is 35.5 Å². The van der Waals surface area contributed by atoms with E-state index in [4.69, 9.17) is 0 Å². The van der Waals surface area contributed by atoms with Crippen molar-refractivity contribution in [3.05, 3.63) is 0 Å². The summed E-state index contributed by atoms with van der Waals surface area (Å²) in [5, 5.41) is 20.6. The second kappa shape index (κ2) is 8.43. The molecule has 32 heavy (non-hydrogen) atoms. The maximum atomic E-state index is 13.5. The third-order valence-corrected chi connectivity index (χ3v) is 11.3. The van der Waals surface area contributed by atoms with Gasteiger partial charge in [-0.3, -0.25) is 0 Å². The quantitative estimate of drug-likeness (QED) is 0.460. The molecule has 0 bridgehead atoms. The van der Waals surface area contributed by atoms with Gasteiger partial charge in [-0.15, -0.1) is 0 Å². The van der Waals surface area contributed by atoms with Crippen molar-refractivity contribution in [1.29, 1.82) is 0 Å². The Bertz CT molecular complexity index is 678. The molecule has 5 heteroatoms. The molecule has 0 radical (unpaired) electrons. The maximum Gasteiger partial charge on any atom is 0.417 e. The van der Waals surface area contributed by atoms with Gasteiger partial charge in [-0.2, -0.15) is 13.2 Å². The first-order chi connectivity index (χ1) is 14.8. The zero-order valence-electron chi connectivity index (χ0n) is 20.6. The number of halogens is 3. The molecule has 2 N–H and O–H groups in total. The predicted molar refractivity (Wildman–Crippen MR) is 121 cm³/mol. The lowest BCUT2D eigenvalue weighted by Crippen LogP contribution is -2.59. The first kappa shape index (κ1) is 24.8. The minimum absolute atomic E-state index is 0.0109. The second-order valence-corrected chi connectivity index (χ2v) is 13.0. The summed E-state index contributed by atoms with van der Waals surface area (Å²) in [7, 11) is 0. The van der Waals surface area contributed by atoms with Crippen LogP contribution in [0.5, 0.6) is 0 Å². The SMILES string of the molecule is CC(C)[C@H](O)CCC[C@@H]1CC[C@H]2[C@@H]3CC[C@H]4C[C@](O)(C(F)(F)F)CC[C@]4(C)[C@H]3CC[C@]12C. The minimum atomic E-state index is -4.52. The number of rotatable bonds is 5. The van der Waals surface area contributed by atoms with Gasteiger partial charge in [0, 0.05) is 0 Å². The van der Waals surface area contributed by atoms with Crippen LogP contribution in [0.1, 0.15) is 105 Å². The van der Waals surface area contributed by atoms with Crippen molar-refractivity contribution in [2.45, 2.75) is 123 Å². The Morgan fingerprint density at radius 3 is 2.25 bits per heavy atom. The Balaban J connectivity index is 1.44. The van der Waals surface area contributed by atoms with Gasteiger partial charge >= 0.3 is 6.18 Å². The number of hydrogen-bond donors (Lipinski definition) is 2. The van der Waals surface area contributed by atoms with Gasteiger partial charge in [-0.1, -0.05) is 34.1 Å². The number of hydrogen-bond acceptors (Lipinski definition) is 2. The number of aliphatic hydroxyl groups is 2. The molecule has 186 valence electrons. The average Bonchev–Trinajstić information content (AvgIpc) is 3.04. The highest BCUT2D eigenvalue weighted by Gasteiger charge is 2.64. The van der Waals surface area contributed by atoms with Gasteiger partial charge in [0.1, 0.15) is 0 Å². The fourth-order valence-electron chi connectivity index (χ4n) is 8.99. The van der Waals surface area contributed by atoms with E-state index >= 15 is 0 Å². The Hall–Kier alpha value is -0.290. The van der Waals surface area contributed by atoms with Crippen molar-refractivity contribution in [2.75, 3.05) is 0 Å². The summed E-state index contributed by atoms with van der Waals surface area (Å²) in [6.07, 6.45) is 5.51. The van der Waals surface area contributed by atoms with E-state index in [-0.39, 0.29) is 30.3 Å². The molecular weight excluding hydrogens is 413 g/mol. The average molecular weight is 459 g/mol. The Morgan fingerprint density at radius 1 is 0.906 bits per heavy atom. The minimum Gasteiger partial charge on any atom is -0.393 e. The van der Waals surface area contributed by atoms with Crippen LogP contribution in [-0.2, 0) is 0 Å². The molecule has 4 rings (SSSR count). The van der Waals surface area contributed by atoms with Crippen LogP contribution in [0.15, 0.2) is 0 Å². The number of alkyl halides is 3. The summed E-state index contributed by atoms with van der Waals surface area (Å²) in [6.45, 7) is 8.92. The van der Waals surface area contributed by atoms with Crippen LogP contribution in [0.2, 0.25) is 0 Å². The molecule has 4 fully saturated rings. The fraction of sp³-hybridized carbons (Fsp3) is 1.00. The lowest BCUT2D eigenvalue weighted by atomic mass is 9.43. The standard InChI is InChI=1S/C27H45F3O2/c1-17(2)23(31)7-5-6-18-9-11-21-20-10-8-19-16-26(32,27(28,29)30)15-14-25(19,4)22(20)12-13-24(18,21)3/h17-23,31-32H,5-16H2,1-4H3/t18-,19+,20+,21+,22+,23-,24-,25+,26+/m1/s1. The normalized spacial score (nSPS) is 47.6. The molecule has 4 saturated carbocycles. The first-order valence-corrected chi connectivity index (χ1v) is 13.3. The molecule has 0 aromatic heterocycles. The summed E-state index contributed by atoms with van der Waals surface area (Å²) in [4.78, 5) is 0. The molecule has 0 amide bonds. The summed E-state index contributed by atoms with van der Waals surface area (Å²) in [5.74, 6) is 2.88. The summed E-state index contributed by atoms with van der Waals surface area (Å²) >= 11 is 0. The Labute approximate surface area is 192 Å². The Morgan fingerprint density at radius 2 is 1.59 bits per heavy atom. The van der Waals surface area contributed by atoms with Crippen molar-refractivity contribution in [2.24, 2.45) is 46.3 Å². The van der Waals surface area contributed by atoms with E-state index in [0.717, 1.165) is 38.0 Å². The molecule has 2 nitrogen and oxygen atoms in total. The summed E-state index contributed by atoms with van der Waals surface area (Å²) < 4.78 is 40.6. The van der Waals surface area contributed by atoms with E-state index in [9.17, 15) is 23.4 Å². The molecule has 4 aliphatic rings. The van der Waals surface area contributed by atoms with Gasteiger partial charge in [0.25, 0.3) is 0 Å². The van der Waals surface area contributed by atoms with Crippen molar-refractivity contribution >= 4 is 0 Å². The molecule has 4 aliphatic carbocycles. The summed E-state index contributed by atoms with van der Waals surface area (Å²) in [5.41, 5.74) is -2.18. The van der Waals surface area contributed by atoms with Crippen LogP contribution in [0.4, 0.5) is 13.2 Å². The van der Waals surface area contributed by atoms with Crippen LogP contribution in [0, 0.1) is 46.3 Å². The topological polar surface area (TPSA) is 40.5 Å². The third kappa shape index (κ3) is 3.95. The van der Waals surface area contributed by atoms with E-state index in [1.807, 2.05) is 0 Å². The van der Waals surface area contributed by atoms with Crippen LogP contribution in [0.3, 0.4) is 0 Å². The van der Waals surface area contributed by atoms with Crippen LogP contribution < -0.4 is 0 Å². The smallest absolute Gasteiger partial charge is 0.393 e. The molecule has 0 aliphatic heterocycles. The van der Waals surface area contributed by atoms with E-state index in [1.54, 1.807) is 0 Å². The largest absolute Gasteiger partial charge is 0.417 e. The molecule has 0 aromatic rings. The van der Waals surface area contributed by atoms with E-state index in [1.165, 1.54) is 25.7 Å². The zero-order valence-corrected chi connectivity index (χ0v) is 20.6. The van der Waals surface area contributed by atoms with E-state index < -0.39 is 11.8 Å². The monoisotopic (exact) mass is 458 g/mol. The molecule has 0 aromatic carbocycles. The fourth-order valence-corrected chi connectivity index (χ4v) is 8.99. The highest BCUT2D eigenvalue weighted by Crippen LogP contribution is 2.69. The van der Waals surface area contributed by atoms with Crippen LogP contribution >= 0.6 is 0 Å². The van der Waals surface area contributed by atoms with Crippen molar-refractivity contribution < 1.29 is 23.4 Å². The summed E-state index contributed by atoms with van der Waals surface area (Å²) in [6, 6.07) is 0. The second-order valence-electron chi connectivity index (χ2n) is 13.0. The first-order valence-electron chi connectivity index (χ1n) is 13.3. The highest BCUT2D eigenvalue weighted by molar-refractivity contribution is 5.11. The van der Waals surface area contributed by atoms with E-state index in [2.05, 4.69) is 27.7 Å². The highest BCUT2D eigenvalue weighted by atomic mass is 19.4. The zero-order chi connectivity index (χ0) is 23.5. The molecule has 9 atom stereocenters. The van der Waals surface area contributed by atoms with Crippen molar-refractivity contribution in [3.8, 4) is 0 Å². The maximum absolute atomic E-state index is 13.5. The third-order valence-electron chi connectivity index (χ3n) is 11.3. The molecule has 0 unspecified atom stereocenters. The molecule has 0 heterocycles. The van der Waals surface area contributed by atoms with Gasteiger partial charge in [-0.25, -0.2) is 0 Å².